The molecule has 0 saturated heterocycles. The van der Waals surface area contributed by atoms with Crippen molar-refractivity contribution >= 4 is 10.9 Å². The van der Waals surface area contributed by atoms with E-state index in [-0.39, 0.29) is 0 Å². The van der Waals surface area contributed by atoms with Crippen molar-refractivity contribution in [3.63, 3.8) is 0 Å². The molecule has 0 spiro atoms. The first-order valence-electron chi connectivity index (χ1n) is 6.61. The van der Waals surface area contributed by atoms with Crippen molar-refractivity contribution in [1.29, 1.82) is 0 Å². The van der Waals surface area contributed by atoms with E-state index < -0.39 is 0 Å². The summed E-state index contributed by atoms with van der Waals surface area (Å²) in [6.45, 7) is 4.95. The van der Waals surface area contributed by atoms with Gasteiger partial charge in [0.05, 0.1) is 12.5 Å². The fourth-order valence-electron chi connectivity index (χ4n) is 2.46. The molecule has 98 valence electrons. The highest BCUT2D eigenvalue weighted by molar-refractivity contribution is 5.81. The lowest BCUT2D eigenvalue weighted by molar-refractivity contribution is 0.556. The molecule has 0 amide bonds. The Bertz CT molecular complexity index is 653. The first-order chi connectivity index (χ1) is 9.34. The lowest BCUT2D eigenvalue weighted by atomic mass is 10.2. The summed E-state index contributed by atoms with van der Waals surface area (Å²) in [6.07, 6.45) is 3.49. The summed E-state index contributed by atoms with van der Waals surface area (Å²) in [6, 6.07) is 12.8. The monoisotopic (exact) mass is 254 g/mol. The van der Waals surface area contributed by atoms with Crippen LogP contribution < -0.4 is 5.32 Å². The number of para-hydroxylation sites is 1. The number of hydrogen-bond donors (Lipinski definition) is 1. The van der Waals surface area contributed by atoms with Gasteiger partial charge in [0.15, 0.2) is 0 Å². The Kier molecular flexibility index (Phi) is 3.38. The molecule has 0 atom stereocenters. The average Bonchev–Trinajstić information content (AvgIpc) is 3.02. The van der Waals surface area contributed by atoms with Crippen molar-refractivity contribution in [2.75, 3.05) is 6.54 Å². The maximum Gasteiger partial charge on any atom is 0.0947 e. The minimum absolute atomic E-state index is 0.856. The zero-order valence-corrected chi connectivity index (χ0v) is 11.1. The van der Waals surface area contributed by atoms with Crippen LogP contribution in [-0.2, 0) is 13.1 Å². The van der Waals surface area contributed by atoms with Gasteiger partial charge in [0.25, 0.3) is 0 Å². The smallest absolute Gasteiger partial charge is 0.0947 e. The molecule has 3 aromatic rings. The van der Waals surface area contributed by atoms with Gasteiger partial charge in [-0.3, -0.25) is 0 Å². The molecule has 0 aliphatic heterocycles. The number of benzene rings is 1. The molecule has 19 heavy (non-hydrogen) atoms. The fraction of sp³-hybridized carbons (Fsp3) is 0.250. The normalized spacial score (nSPS) is 11.2. The van der Waals surface area contributed by atoms with Gasteiger partial charge in [-0.2, -0.15) is 0 Å². The third kappa shape index (κ3) is 2.56. The molecule has 0 aliphatic rings. The van der Waals surface area contributed by atoms with Crippen LogP contribution in [0.1, 0.15) is 11.3 Å². The summed E-state index contributed by atoms with van der Waals surface area (Å²) in [5, 5.41) is 4.75. The molecular weight excluding hydrogens is 236 g/mol. The fourth-order valence-corrected chi connectivity index (χ4v) is 2.46. The zero-order chi connectivity index (χ0) is 13.1. The number of nitrogens with one attached hydrogen (secondary N) is 1. The van der Waals surface area contributed by atoms with Crippen LogP contribution in [0.5, 0.6) is 0 Å². The predicted molar refractivity (Wildman–Crippen MR) is 77.1 cm³/mol. The summed E-state index contributed by atoms with van der Waals surface area (Å²) in [5.41, 5.74) is 3.81. The number of furan rings is 1. The number of rotatable bonds is 5. The molecule has 3 nitrogen and oxygen atoms in total. The van der Waals surface area contributed by atoms with Crippen LogP contribution in [0.25, 0.3) is 10.9 Å². The Morgan fingerprint density at radius 2 is 2.11 bits per heavy atom. The van der Waals surface area contributed by atoms with Gasteiger partial charge in [-0.1, -0.05) is 18.2 Å². The number of nitrogens with zero attached hydrogens (tertiary/aromatic N) is 1. The van der Waals surface area contributed by atoms with E-state index in [9.17, 15) is 0 Å². The molecule has 3 heteroatoms. The Morgan fingerprint density at radius 3 is 2.95 bits per heavy atom. The number of aryl methyl sites for hydroxylation is 1. The summed E-state index contributed by atoms with van der Waals surface area (Å²) < 4.78 is 7.41. The van der Waals surface area contributed by atoms with E-state index in [4.69, 9.17) is 4.42 Å². The van der Waals surface area contributed by atoms with Crippen LogP contribution in [0.2, 0.25) is 0 Å². The van der Waals surface area contributed by atoms with Gasteiger partial charge in [0.2, 0.25) is 0 Å². The van der Waals surface area contributed by atoms with Crippen molar-refractivity contribution in [1.82, 2.24) is 9.88 Å². The van der Waals surface area contributed by atoms with Crippen LogP contribution in [0.4, 0.5) is 0 Å². The third-order valence-corrected chi connectivity index (χ3v) is 3.44. The highest BCUT2D eigenvalue weighted by Crippen LogP contribution is 2.18. The molecule has 0 unspecified atom stereocenters. The third-order valence-electron chi connectivity index (χ3n) is 3.44. The number of hydrogen-bond acceptors (Lipinski definition) is 2. The Morgan fingerprint density at radius 1 is 1.21 bits per heavy atom. The van der Waals surface area contributed by atoms with Gasteiger partial charge < -0.3 is 14.3 Å². The topological polar surface area (TPSA) is 30.1 Å². The van der Waals surface area contributed by atoms with Gasteiger partial charge in [-0.15, -0.1) is 0 Å². The highest BCUT2D eigenvalue weighted by Gasteiger charge is 2.04. The largest absolute Gasteiger partial charge is 0.472 e. The van der Waals surface area contributed by atoms with Crippen LogP contribution in [-0.4, -0.2) is 11.1 Å². The van der Waals surface area contributed by atoms with Crippen molar-refractivity contribution < 1.29 is 4.42 Å². The maximum absolute atomic E-state index is 5.05. The Balaban J connectivity index is 1.63. The van der Waals surface area contributed by atoms with E-state index in [1.54, 1.807) is 12.5 Å². The second-order valence-corrected chi connectivity index (χ2v) is 4.80. The molecule has 3 rings (SSSR count). The zero-order valence-electron chi connectivity index (χ0n) is 11.1. The van der Waals surface area contributed by atoms with Gasteiger partial charge in [-0.25, -0.2) is 0 Å². The van der Waals surface area contributed by atoms with Crippen molar-refractivity contribution in [2.24, 2.45) is 0 Å². The van der Waals surface area contributed by atoms with Gasteiger partial charge in [-0.05, 0) is 30.5 Å². The summed E-state index contributed by atoms with van der Waals surface area (Å²) in [7, 11) is 0. The summed E-state index contributed by atoms with van der Waals surface area (Å²) >= 11 is 0. The lowest BCUT2D eigenvalue weighted by Gasteiger charge is -2.09. The predicted octanol–water partition coefficient (Wildman–Crippen LogP) is 3.33. The maximum atomic E-state index is 5.05. The lowest BCUT2D eigenvalue weighted by Crippen LogP contribution is -2.19. The minimum atomic E-state index is 0.856. The molecule has 0 fully saturated rings. The molecule has 1 N–H and O–H groups in total. The van der Waals surface area contributed by atoms with E-state index in [0.717, 1.165) is 19.6 Å². The SMILES string of the molecule is Cc1cc2ccccc2n1CCNCc1ccoc1. The van der Waals surface area contributed by atoms with Gasteiger partial charge >= 0.3 is 0 Å². The van der Waals surface area contributed by atoms with E-state index in [0.29, 0.717) is 0 Å². The Hall–Kier alpha value is -2.00. The van der Waals surface area contributed by atoms with Crippen LogP contribution in [0.15, 0.2) is 53.3 Å². The molecule has 0 bridgehead atoms. The van der Waals surface area contributed by atoms with Crippen molar-refractivity contribution in [3.8, 4) is 0 Å². The van der Waals surface area contributed by atoms with Crippen LogP contribution in [0.3, 0.4) is 0 Å². The quantitative estimate of drug-likeness (QED) is 0.708. The molecule has 1 aromatic carbocycles. The minimum Gasteiger partial charge on any atom is -0.472 e. The Labute approximate surface area is 112 Å². The van der Waals surface area contributed by atoms with Crippen molar-refractivity contribution in [3.05, 3.63) is 60.2 Å². The summed E-state index contributed by atoms with van der Waals surface area (Å²) in [5.74, 6) is 0. The molecule has 0 saturated carbocycles. The van der Waals surface area contributed by atoms with E-state index in [1.165, 1.54) is 22.2 Å². The van der Waals surface area contributed by atoms with Gasteiger partial charge in [0.1, 0.15) is 0 Å². The van der Waals surface area contributed by atoms with Crippen molar-refractivity contribution in [2.45, 2.75) is 20.0 Å². The molecule has 0 radical (unpaired) electrons. The van der Waals surface area contributed by atoms with E-state index >= 15 is 0 Å². The first-order valence-corrected chi connectivity index (χ1v) is 6.61. The number of fused-ring (bicyclic) bond motifs is 1. The van der Waals surface area contributed by atoms with Gasteiger partial charge in [0, 0.05) is 36.4 Å². The summed E-state index contributed by atoms with van der Waals surface area (Å²) in [4.78, 5) is 0. The van der Waals surface area contributed by atoms with E-state index in [1.807, 2.05) is 6.07 Å². The standard InChI is InChI=1S/C16H18N2O/c1-13-10-15-4-2-3-5-16(15)18(13)8-7-17-11-14-6-9-19-12-14/h2-6,9-10,12,17H,7-8,11H2,1H3. The molecule has 2 aromatic heterocycles. The van der Waals surface area contributed by atoms with Crippen LogP contribution in [0, 0.1) is 6.92 Å². The number of aromatic nitrogens is 1. The second-order valence-electron chi connectivity index (χ2n) is 4.80. The molecule has 2 heterocycles. The molecule has 0 aliphatic carbocycles. The second kappa shape index (κ2) is 5.33. The van der Waals surface area contributed by atoms with E-state index in [2.05, 4.69) is 47.1 Å². The first kappa shape index (κ1) is 12.1. The average molecular weight is 254 g/mol. The highest BCUT2D eigenvalue weighted by atomic mass is 16.3. The van der Waals surface area contributed by atoms with Crippen LogP contribution >= 0.6 is 0 Å². The molecular formula is C16H18N2O.